The third-order valence-electron chi connectivity index (χ3n) is 9.13. The molecule has 0 aromatic heterocycles. The lowest BCUT2D eigenvalue weighted by Gasteiger charge is -2.18. The number of esters is 2. The number of carbonyl (C=O) groups is 2. The van der Waals surface area contributed by atoms with Crippen LogP contribution in [0.3, 0.4) is 0 Å². The van der Waals surface area contributed by atoms with Crippen LogP contribution in [0.25, 0.3) is 0 Å². The third-order valence-corrected chi connectivity index (χ3v) is 9.62. The number of phosphoric ester groups is 1. The number of hydrogen-bond acceptors (Lipinski definition) is 6. The minimum absolute atomic E-state index is 0.199. The highest BCUT2D eigenvalue weighted by Crippen LogP contribution is 2.36. The van der Waals surface area contributed by atoms with Gasteiger partial charge in [0.15, 0.2) is 6.10 Å². The van der Waals surface area contributed by atoms with Crippen LogP contribution in [-0.4, -0.2) is 41.0 Å². The van der Waals surface area contributed by atoms with Gasteiger partial charge in [-0.15, -0.1) is 0 Å². The molecule has 0 radical (unpaired) electrons. The highest BCUT2D eigenvalue weighted by molar-refractivity contribution is 7.46. The summed E-state index contributed by atoms with van der Waals surface area (Å²) in [5.74, 6) is -0.939. The van der Waals surface area contributed by atoms with Crippen LogP contribution in [0.4, 0.5) is 0 Å². The van der Waals surface area contributed by atoms with Gasteiger partial charge < -0.3 is 19.3 Å². The molecule has 0 aromatic rings. The molecule has 0 aliphatic rings. The molecule has 0 saturated carbocycles. The summed E-state index contributed by atoms with van der Waals surface area (Å²) in [4.78, 5) is 42.8. The standard InChI is InChI=1S/C43H79O8P/c1-3-5-7-9-11-13-15-17-19-21-23-25-27-29-31-33-35-37-42(44)49-39-41(40-50-52(46,47)48)51-43(45)38-36-34-32-30-28-26-24-22-20-18-16-14-12-10-8-6-4-2/h18,20,23,25,29,31,41H,3-17,19,21-22,24,26-28,30,32-40H2,1-2H3,(H2,46,47,48)/b20-18+,25-23+,31-29+/t41-/m1/s1. The number of hydrogen-bond donors (Lipinski definition) is 2. The Hall–Kier alpha value is -1.73. The second-order valence-electron chi connectivity index (χ2n) is 14.3. The Morgan fingerprint density at radius 2 is 0.885 bits per heavy atom. The van der Waals surface area contributed by atoms with E-state index in [1.54, 1.807) is 0 Å². The van der Waals surface area contributed by atoms with Gasteiger partial charge in [-0.25, -0.2) is 4.57 Å². The Morgan fingerprint density at radius 3 is 1.35 bits per heavy atom. The predicted octanol–water partition coefficient (Wildman–Crippen LogP) is 13.0. The third kappa shape index (κ3) is 41.0. The highest BCUT2D eigenvalue weighted by Gasteiger charge is 2.22. The molecule has 0 amide bonds. The van der Waals surface area contributed by atoms with Crippen molar-refractivity contribution in [3.05, 3.63) is 36.5 Å². The molecule has 0 aromatic carbocycles. The van der Waals surface area contributed by atoms with Gasteiger partial charge in [-0.1, -0.05) is 166 Å². The lowest BCUT2D eigenvalue weighted by Crippen LogP contribution is -2.29. The molecule has 0 aliphatic heterocycles. The second-order valence-corrected chi connectivity index (χ2v) is 15.5. The molecule has 52 heavy (non-hydrogen) atoms. The zero-order chi connectivity index (χ0) is 38.2. The maximum Gasteiger partial charge on any atom is 0.469 e. The van der Waals surface area contributed by atoms with E-state index in [1.165, 1.54) is 122 Å². The van der Waals surface area contributed by atoms with E-state index in [1.807, 2.05) is 0 Å². The summed E-state index contributed by atoms with van der Waals surface area (Å²) < 4.78 is 26.3. The predicted molar refractivity (Wildman–Crippen MR) is 216 cm³/mol. The van der Waals surface area contributed by atoms with Crippen LogP contribution < -0.4 is 0 Å². The Labute approximate surface area is 319 Å². The first-order valence-electron chi connectivity index (χ1n) is 21.3. The van der Waals surface area contributed by atoms with Crippen molar-refractivity contribution in [2.45, 2.75) is 213 Å². The highest BCUT2D eigenvalue weighted by atomic mass is 31.2. The topological polar surface area (TPSA) is 119 Å². The lowest BCUT2D eigenvalue weighted by atomic mass is 10.1. The van der Waals surface area contributed by atoms with Crippen LogP contribution in [0.15, 0.2) is 36.5 Å². The van der Waals surface area contributed by atoms with Gasteiger partial charge in [0.1, 0.15) is 6.61 Å². The van der Waals surface area contributed by atoms with E-state index in [2.05, 4.69) is 54.8 Å². The van der Waals surface area contributed by atoms with E-state index in [0.29, 0.717) is 12.8 Å². The van der Waals surface area contributed by atoms with Gasteiger partial charge in [0.2, 0.25) is 0 Å². The number of rotatable bonds is 39. The fourth-order valence-electron chi connectivity index (χ4n) is 5.94. The summed E-state index contributed by atoms with van der Waals surface area (Å²) >= 11 is 0. The summed E-state index contributed by atoms with van der Waals surface area (Å²) in [6, 6.07) is 0. The molecular formula is C43H79O8P. The molecule has 0 fully saturated rings. The molecule has 2 N–H and O–H groups in total. The molecule has 304 valence electrons. The van der Waals surface area contributed by atoms with Crippen molar-refractivity contribution in [3.8, 4) is 0 Å². The van der Waals surface area contributed by atoms with Crippen LogP contribution in [0.5, 0.6) is 0 Å². The quantitative estimate of drug-likeness (QED) is 0.0275. The van der Waals surface area contributed by atoms with E-state index in [9.17, 15) is 14.2 Å². The number of phosphoric acid groups is 1. The maximum atomic E-state index is 12.4. The van der Waals surface area contributed by atoms with Crippen molar-refractivity contribution in [1.29, 1.82) is 0 Å². The fourth-order valence-corrected chi connectivity index (χ4v) is 6.30. The average molecular weight is 755 g/mol. The summed E-state index contributed by atoms with van der Waals surface area (Å²) in [6.07, 6.45) is 45.9. The van der Waals surface area contributed by atoms with Crippen LogP contribution in [0.2, 0.25) is 0 Å². The van der Waals surface area contributed by atoms with Gasteiger partial charge >= 0.3 is 19.8 Å². The molecule has 0 unspecified atom stereocenters. The van der Waals surface area contributed by atoms with Crippen molar-refractivity contribution in [1.82, 2.24) is 0 Å². The normalized spacial score (nSPS) is 12.8. The second kappa shape index (κ2) is 39.0. The van der Waals surface area contributed by atoms with Crippen molar-refractivity contribution in [2.24, 2.45) is 0 Å². The van der Waals surface area contributed by atoms with Crippen LogP contribution in [0, 0.1) is 0 Å². The SMILES string of the molecule is CCCCCCCC/C=C/CCCCCCCCCC(=O)O[C@H](COC(=O)CCC/C=C/C/C=C/CCCCCCCCCCC)COP(=O)(O)O. The van der Waals surface area contributed by atoms with Gasteiger partial charge in [0, 0.05) is 12.8 Å². The van der Waals surface area contributed by atoms with Crippen LogP contribution in [0.1, 0.15) is 206 Å². The Balaban J connectivity index is 3.97. The Kier molecular flexibility index (Phi) is 37.7. The number of allylic oxidation sites excluding steroid dienone is 6. The van der Waals surface area contributed by atoms with E-state index >= 15 is 0 Å². The molecular weight excluding hydrogens is 675 g/mol. The molecule has 0 spiro atoms. The van der Waals surface area contributed by atoms with Gasteiger partial charge in [-0.2, -0.15) is 0 Å². The van der Waals surface area contributed by atoms with Crippen molar-refractivity contribution < 1.29 is 37.9 Å². The smallest absolute Gasteiger partial charge is 0.462 e. The van der Waals surface area contributed by atoms with Crippen LogP contribution >= 0.6 is 7.82 Å². The molecule has 8 nitrogen and oxygen atoms in total. The summed E-state index contributed by atoms with van der Waals surface area (Å²) in [6.45, 7) is 3.65. The largest absolute Gasteiger partial charge is 0.469 e. The van der Waals surface area contributed by atoms with E-state index in [-0.39, 0.29) is 19.4 Å². The monoisotopic (exact) mass is 755 g/mol. The number of unbranched alkanes of at least 4 members (excludes halogenated alkanes) is 23. The van der Waals surface area contributed by atoms with Gasteiger partial charge in [0.25, 0.3) is 0 Å². The lowest BCUT2D eigenvalue weighted by molar-refractivity contribution is -0.161. The Morgan fingerprint density at radius 1 is 0.500 bits per heavy atom. The number of ether oxygens (including phenoxy) is 2. The molecule has 0 aliphatic carbocycles. The molecule has 0 rings (SSSR count). The minimum Gasteiger partial charge on any atom is -0.462 e. The average Bonchev–Trinajstić information content (AvgIpc) is 3.11. The minimum atomic E-state index is -4.76. The van der Waals surface area contributed by atoms with Crippen molar-refractivity contribution in [2.75, 3.05) is 13.2 Å². The first-order chi connectivity index (χ1) is 25.3. The zero-order valence-corrected chi connectivity index (χ0v) is 34.4. The molecule has 0 heterocycles. The van der Waals surface area contributed by atoms with E-state index in [0.717, 1.165) is 44.9 Å². The van der Waals surface area contributed by atoms with Gasteiger partial charge in [-0.3, -0.25) is 14.1 Å². The Bertz CT molecular complexity index is 941. The summed E-state index contributed by atoms with van der Waals surface area (Å²) in [5, 5.41) is 0. The summed E-state index contributed by atoms with van der Waals surface area (Å²) in [7, 11) is -4.76. The number of carbonyl (C=O) groups excluding carboxylic acids is 2. The molecule has 1 atom stereocenters. The summed E-state index contributed by atoms with van der Waals surface area (Å²) in [5.41, 5.74) is 0. The zero-order valence-electron chi connectivity index (χ0n) is 33.5. The van der Waals surface area contributed by atoms with Gasteiger partial charge in [-0.05, 0) is 64.2 Å². The van der Waals surface area contributed by atoms with E-state index in [4.69, 9.17) is 19.3 Å². The van der Waals surface area contributed by atoms with E-state index < -0.39 is 32.5 Å². The molecule has 0 bridgehead atoms. The van der Waals surface area contributed by atoms with Crippen LogP contribution in [-0.2, 0) is 28.2 Å². The fraction of sp³-hybridized carbons (Fsp3) is 0.814. The molecule has 0 saturated heterocycles. The molecule has 9 heteroatoms. The van der Waals surface area contributed by atoms with Crippen molar-refractivity contribution in [3.63, 3.8) is 0 Å². The van der Waals surface area contributed by atoms with Gasteiger partial charge in [0.05, 0.1) is 6.61 Å². The van der Waals surface area contributed by atoms with Crippen molar-refractivity contribution >= 4 is 19.8 Å². The first kappa shape index (κ1) is 50.3. The first-order valence-corrected chi connectivity index (χ1v) is 22.8. The maximum absolute atomic E-state index is 12.4.